The minimum atomic E-state index is -0.926. The van der Waals surface area contributed by atoms with Crippen molar-refractivity contribution in [1.29, 1.82) is 0 Å². The van der Waals surface area contributed by atoms with Crippen molar-refractivity contribution in [2.75, 3.05) is 0 Å². The van der Waals surface area contributed by atoms with Crippen LogP contribution in [0.1, 0.15) is 47.1 Å². The van der Waals surface area contributed by atoms with Crippen LogP contribution in [0, 0.1) is 0 Å². The summed E-state index contributed by atoms with van der Waals surface area (Å²) in [5, 5.41) is 13.5. The zero-order chi connectivity index (χ0) is 14.1. The van der Waals surface area contributed by atoms with Gasteiger partial charge in [-0.1, -0.05) is 25.5 Å². The number of aromatic carboxylic acids is 1. The molecule has 4 nitrogen and oxygen atoms in total. The van der Waals surface area contributed by atoms with Gasteiger partial charge in [-0.15, -0.1) is 0 Å². The van der Waals surface area contributed by atoms with Gasteiger partial charge in [0.15, 0.2) is 5.69 Å². The van der Waals surface area contributed by atoms with E-state index in [4.69, 9.17) is 0 Å². The van der Waals surface area contributed by atoms with Gasteiger partial charge in [-0.3, -0.25) is 0 Å². The quantitative estimate of drug-likeness (QED) is 0.929. The molecule has 1 heterocycles. The van der Waals surface area contributed by atoms with E-state index in [1.165, 1.54) is 5.56 Å². The first-order valence-electron chi connectivity index (χ1n) is 7.14. The third kappa shape index (κ3) is 2.11. The van der Waals surface area contributed by atoms with Crippen molar-refractivity contribution in [2.45, 2.75) is 39.0 Å². The first-order valence-corrected chi connectivity index (χ1v) is 7.14. The molecule has 1 N–H and O–H groups in total. The number of carboxylic acid groups (broad SMARTS) is 1. The summed E-state index contributed by atoms with van der Waals surface area (Å²) in [4.78, 5) is 11.3. The lowest BCUT2D eigenvalue weighted by molar-refractivity contribution is 0.0689. The van der Waals surface area contributed by atoms with E-state index in [9.17, 15) is 9.90 Å². The minimum absolute atomic E-state index is 0.218. The SMILES string of the molecule is CCCc1ccc(-n2nc(C(=O)O)c3c2CCC3)cc1. The molecule has 0 unspecified atom stereocenters. The highest BCUT2D eigenvalue weighted by Crippen LogP contribution is 2.27. The number of benzene rings is 1. The maximum Gasteiger partial charge on any atom is 0.356 e. The van der Waals surface area contributed by atoms with E-state index >= 15 is 0 Å². The summed E-state index contributed by atoms with van der Waals surface area (Å²) in [5.74, 6) is -0.926. The molecule has 0 saturated heterocycles. The Morgan fingerprint density at radius 3 is 2.70 bits per heavy atom. The number of aromatic nitrogens is 2. The van der Waals surface area contributed by atoms with E-state index in [2.05, 4.69) is 24.2 Å². The maximum atomic E-state index is 11.3. The molecule has 3 rings (SSSR count). The van der Waals surface area contributed by atoms with E-state index in [0.717, 1.165) is 49.0 Å². The smallest absolute Gasteiger partial charge is 0.356 e. The highest BCUT2D eigenvalue weighted by atomic mass is 16.4. The summed E-state index contributed by atoms with van der Waals surface area (Å²) < 4.78 is 1.81. The predicted molar refractivity (Wildman–Crippen MR) is 76.5 cm³/mol. The Morgan fingerprint density at radius 1 is 1.30 bits per heavy atom. The van der Waals surface area contributed by atoms with Gasteiger partial charge in [0.05, 0.1) is 5.69 Å². The summed E-state index contributed by atoms with van der Waals surface area (Å²) in [6.07, 6.45) is 4.94. The number of carbonyl (C=O) groups is 1. The molecule has 0 amide bonds. The van der Waals surface area contributed by atoms with Crippen LogP contribution in [0.15, 0.2) is 24.3 Å². The van der Waals surface area contributed by atoms with Gasteiger partial charge in [-0.2, -0.15) is 5.10 Å². The number of aryl methyl sites for hydroxylation is 1. The van der Waals surface area contributed by atoms with Gasteiger partial charge in [0.2, 0.25) is 0 Å². The van der Waals surface area contributed by atoms with Gasteiger partial charge in [-0.25, -0.2) is 9.48 Å². The highest BCUT2D eigenvalue weighted by molar-refractivity contribution is 5.87. The largest absolute Gasteiger partial charge is 0.476 e. The molecule has 1 aromatic heterocycles. The molecule has 20 heavy (non-hydrogen) atoms. The third-order valence-corrected chi connectivity index (χ3v) is 3.85. The maximum absolute atomic E-state index is 11.3. The molecule has 4 heteroatoms. The Labute approximate surface area is 118 Å². The lowest BCUT2D eigenvalue weighted by Gasteiger charge is -2.06. The molecular weight excluding hydrogens is 252 g/mol. The molecule has 0 aliphatic heterocycles. The Balaban J connectivity index is 2.02. The van der Waals surface area contributed by atoms with Crippen LogP contribution in [-0.4, -0.2) is 20.9 Å². The van der Waals surface area contributed by atoms with Crippen LogP contribution < -0.4 is 0 Å². The van der Waals surface area contributed by atoms with Crippen LogP contribution in [0.5, 0.6) is 0 Å². The van der Waals surface area contributed by atoms with E-state index < -0.39 is 5.97 Å². The van der Waals surface area contributed by atoms with Gasteiger partial charge in [0.1, 0.15) is 0 Å². The van der Waals surface area contributed by atoms with Crippen LogP contribution in [0.25, 0.3) is 5.69 Å². The average molecular weight is 270 g/mol. The molecule has 104 valence electrons. The summed E-state index contributed by atoms with van der Waals surface area (Å²) >= 11 is 0. The Bertz CT molecular complexity index is 641. The summed E-state index contributed by atoms with van der Waals surface area (Å²) in [6, 6.07) is 8.26. The molecule has 0 atom stereocenters. The fourth-order valence-electron chi connectivity index (χ4n) is 2.92. The number of fused-ring (bicyclic) bond motifs is 1. The number of hydrogen-bond acceptors (Lipinski definition) is 2. The molecule has 0 saturated carbocycles. The molecule has 1 aromatic carbocycles. The second kappa shape index (κ2) is 5.12. The van der Waals surface area contributed by atoms with Crippen LogP contribution in [0.4, 0.5) is 0 Å². The van der Waals surface area contributed by atoms with Crippen molar-refractivity contribution in [3.05, 3.63) is 46.8 Å². The molecule has 0 fully saturated rings. The van der Waals surface area contributed by atoms with E-state index in [0.29, 0.717) is 0 Å². The molecule has 1 aliphatic carbocycles. The summed E-state index contributed by atoms with van der Waals surface area (Å²) in [5.41, 5.74) is 4.45. The Hall–Kier alpha value is -2.10. The molecule has 0 bridgehead atoms. The average Bonchev–Trinajstić information content (AvgIpc) is 3.01. The van der Waals surface area contributed by atoms with Crippen molar-refractivity contribution in [3.63, 3.8) is 0 Å². The zero-order valence-electron chi connectivity index (χ0n) is 11.6. The lowest BCUT2D eigenvalue weighted by atomic mass is 10.1. The van der Waals surface area contributed by atoms with Gasteiger partial charge in [0.25, 0.3) is 0 Å². The normalized spacial score (nSPS) is 13.4. The summed E-state index contributed by atoms with van der Waals surface area (Å²) in [6.45, 7) is 2.16. The van der Waals surface area contributed by atoms with Gasteiger partial charge < -0.3 is 5.11 Å². The first kappa shape index (κ1) is 12.9. The zero-order valence-corrected chi connectivity index (χ0v) is 11.6. The van der Waals surface area contributed by atoms with Crippen LogP contribution in [0.3, 0.4) is 0 Å². The van der Waals surface area contributed by atoms with Crippen molar-refractivity contribution in [1.82, 2.24) is 9.78 Å². The Kier molecular flexibility index (Phi) is 3.30. The van der Waals surface area contributed by atoms with Gasteiger partial charge in [-0.05, 0) is 43.4 Å². The molecule has 2 aromatic rings. The summed E-state index contributed by atoms with van der Waals surface area (Å²) in [7, 11) is 0. The molecule has 0 spiro atoms. The molecular formula is C16H18N2O2. The number of nitrogens with zero attached hydrogens (tertiary/aromatic N) is 2. The van der Waals surface area contributed by atoms with Crippen molar-refractivity contribution in [3.8, 4) is 5.69 Å². The second-order valence-corrected chi connectivity index (χ2v) is 5.26. The number of hydrogen-bond donors (Lipinski definition) is 1. The van der Waals surface area contributed by atoms with E-state index in [1.54, 1.807) is 0 Å². The van der Waals surface area contributed by atoms with E-state index in [1.807, 2.05) is 16.8 Å². The van der Waals surface area contributed by atoms with Crippen LogP contribution in [-0.2, 0) is 19.3 Å². The standard InChI is InChI=1S/C16H18N2O2/c1-2-4-11-7-9-12(10-8-11)18-14-6-3-5-13(14)15(17-18)16(19)20/h7-10H,2-6H2,1H3,(H,19,20). The second-order valence-electron chi connectivity index (χ2n) is 5.26. The fourth-order valence-corrected chi connectivity index (χ4v) is 2.92. The number of rotatable bonds is 4. The lowest BCUT2D eigenvalue weighted by Crippen LogP contribution is -2.04. The highest BCUT2D eigenvalue weighted by Gasteiger charge is 2.26. The van der Waals surface area contributed by atoms with Crippen LogP contribution in [0.2, 0.25) is 0 Å². The number of carboxylic acids is 1. The third-order valence-electron chi connectivity index (χ3n) is 3.85. The molecule has 1 aliphatic rings. The predicted octanol–water partition coefficient (Wildman–Crippen LogP) is 3.01. The fraction of sp³-hybridized carbons (Fsp3) is 0.375. The minimum Gasteiger partial charge on any atom is -0.476 e. The van der Waals surface area contributed by atoms with E-state index in [-0.39, 0.29) is 5.69 Å². The molecule has 0 radical (unpaired) electrons. The van der Waals surface area contributed by atoms with Crippen LogP contribution >= 0.6 is 0 Å². The van der Waals surface area contributed by atoms with Gasteiger partial charge in [0, 0.05) is 11.3 Å². The van der Waals surface area contributed by atoms with Gasteiger partial charge >= 0.3 is 5.97 Å². The topological polar surface area (TPSA) is 55.1 Å². The monoisotopic (exact) mass is 270 g/mol. The first-order chi connectivity index (χ1) is 9.70. The van der Waals surface area contributed by atoms with Crippen molar-refractivity contribution < 1.29 is 9.90 Å². The van der Waals surface area contributed by atoms with Crippen molar-refractivity contribution in [2.24, 2.45) is 0 Å². The Morgan fingerprint density at radius 2 is 2.05 bits per heavy atom. The van der Waals surface area contributed by atoms with Crippen molar-refractivity contribution >= 4 is 5.97 Å².